The van der Waals surface area contributed by atoms with E-state index in [0.717, 1.165) is 12.5 Å². The molecule has 0 spiro atoms. The lowest BCUT2D eigenvalue weighted by Crippen LogP contribution is -2.64. The second kappa shape index (κ2) is 8.82. The highest BCUT2D eigenvalue weighted by atomic mass is 32.2. The van der Waals surface area contributed by atoms with Gasteiger partial charge in [0.15, 0.2) is 17.2 Å². The van der Waals surface area contributed by atoms with E-state index in [2.05, 4.69) is 0 Å². The molecule has 0 radical (unpaired) electrons. The summed E-state index contributed by atoms with van der Waals surface area (Å²) in [4.78, 5) is 37.6. The lowest BCUT2D eigenvalue weighted by Gasteiger charge is -2.61. The van der Waals surface area contributed by atoms with Crippen LogP contribution < -0.4 is 0 Å². The van der Waals surface area contributed by atoms with Crippen LogP contribution in [0, 0.1) is 28.6 Å². The summed E-state index contributed by atoms with van der Waals surface area (Å²) >= 11 is 0. The third-order valence-electron chi connectivity index (χ3n) is 9.17. The predicted octanol–water partition coefficient (Wildman–Crippen LogP) is 2.09. The van der Waals surface area contributed by atoms with Crippen LogP contribution in [0.2, 0.25) is 0 Å². The van der Waals surface area contributed by atoms with Crippen LogP contribution in [0.4, 0.5) is 0 Å². The molecule has 8 atom stereocenters. The molecule has 12 heteroatoms. The Kier molecular flexibility index (Phi) is 6.71. The fraction of sp³-hybridized carbons (Fsp3) is 0.720. The molecule has 2 unspecified atom stereocenters. The molecule has 4 aliphatic carbocycles. The molecule has 0 heterocycles. The molecule has 10 nitrogen and oxygen atoms in total. The number of hydrogen-bond donors (Lipinski definition) is 0. The standard InChI is InChI=1S/C25H34O10S2/c1-14(26)25(33-15(2)27)12-9-18-20-17(8-11-24(18,25)4)23(3)10-7-16(28)13-19(23)21(34-36(5,29)30)22(20)35-37(6,31)32/h7,10,13,17-18,20-22H,8-9,11-12H2,1-6H3/t17-,18-,20+,21?,22?,23+,24-,25-/m0/s1. The molecule has 4 aliphatic rings. The molecule has 0 N–H and O–H groups in total. The van der Waals surface area contributed by atoms with Crippen LogP contribution in [-0.4, -0.2) is 64.7 Å². The Morgan fingerprint density at radius 2 is 1.54 bits per heavy atom. The number of hydrogen-bond acceptors (Lipinski definition) is 10. The fourth-order valence-corrected chi connectivity index (χ4v) is 9.06. The molecule has 0 saturated heterocycles. The molecular formula is C25H34O10S2. The molecule has 37 heavy (non-hydrogen) atoms. The Balaban J connectivity index is 1.94. The first-order valence-corrected chi connectivity index (χ1v) is 15.9. The lowest BCUT2D eigenvalue weighted by molar-refractivity contribution is -0.192. The summed E-state index contributed by atoms with van der Waals surface area (Å²) < 4.78 is 66.6. The van der Waals surface area contributed by atoms with Crippen molar-refractivity contribution in [3.05, 3.63) is 23.8 Å². The van der Waals surface area contributed by atoms with Gasteiger partial charge in [-0.25, -0.2) is 0 Å². The minimum atomic E-state index is -4.11. The first-order valence-electron chi connectivity index (χ1n) is 12.3. The lowest BCUT2D eigenvalue weighted by atomic mass is 9.46. The van der Waals surface area contributed by atoms with E-state index in [1.807, 2.05) is 13.8 Å². The molecule has 0 aromatic rings. The zero-order chi connectivity index (χ0) is 27.8. The van der Waals surface area contributed by atoms with Crippen LogP contribution in [0.15, 0.2) is 23.8 Å². The molecule has 3 saturated carbocycles. The number of Topliss-reactive ketones (excluding diaryl/α,β-unsaturated/α-hetero) is 1. The minimum absolute atomic E-state index is 0.253. The number of allylic oxidation sites excluding steroid dienone is 3. The van der Waals surface area contributed by atoms with Crippen LogP contribution in [-0.2, 0) is 47.7 Å². The van der Waals surface area contributed by atoms with Crippen molar-refractivity contribution < 1.29 is 44.3 Å². The molecule has 4 rings (SSSR count). The quantitative estimate of drug-likeness (QED) is 0.351. The van der Waals surface area contributed by atoms with Gasteiger partial charge >= 0.3 is 5.97 Å². The Labute approximate surface area is 218 Å². The number of ether oxygens (including phenoxy) is 1. The molecule has 0 aliphatic heterocycles. The summed E-state index contributed by atoms with van der Waals surface area (Å²) in [7, 11) is -8.21. The summed E-state index contributed by atoms with van der Waals surface area (Å²) in [6, 6.07) is 0. The van der Waals surface area contributed by atoms with Gasteiger partial charge in [-0.05, 0) is 68.1 Å². The van der Waals surface area contributed by atoms with Crippen molar-refractivity contribution in [1.29, 1.82) is 0 Å². The zero-order valence-electron chi connectivity index (χ0n) is 21.8. The van der Waals surface area contributed by atoms with Crippen LogP contribution >= 0.6 is 0 Å². The summed E-state index contributed by atoms with van der Waals surface area (Å²) in [5, 5.41) is 0. The first-order chi connectivity index (χ1) is 16.8. The summed E-state index contributed by atoms with van der Waals surface area (Å²) in [5.41, 5.74) is -2.73. The van der Waals surface area contributed by atoms with Gasteiger partial charge in [0.25, 0.3) is 20.2 Å². The normalized spacial score (nSPS) is 41.3. The van der Waals surface area contributed by atoms with Gasteiger partial charge in [-0.1, -0.05) is 19.9 Å². The average molecular weight is 559 g/mol. The van der Waals surface area contributed by atoms with Gasteiger partial charge in [-0.15, -0.1) is 0 Å². The second-order valence-corrected chi connectivity index (χ2v) is 14.6. The smallest absolute Gasteiger partial charge is 0.303 e. The van der Waals surface area contributed by atoms with Gasteiger partial charge in [0.1, 0.15) is 12.2 Å². The maximum Gasteiger partial charge on any atom is 0.303 e. The number of carbonyl (C=O) groups excluding carboxylic acids is 3. The fourth-order valence-electron chi connectivity index (χ4n) is 7.84. The van der Waals surface area contributed by atoms with Crippen molar-refractivity contribution in [2.75, 3.05) is 12.5 Å². The number of ketones is 2. The number of esters is 1. The Morgan fingerprint density at radius 3 is 2.08 bits per heavy atom. The van der Waals surface area contributed by atoms with E-state index in [4.69, 9.17) is 13.1 Å². The Hall–Kier alpha value is -1.89. The highest BCUT2D eigenvalue weighted by Gasteiger charge is 2.71. The highest BCUT2D eigenvalue weighted by Crippen LogP contribution is 2.68. The Bertz CT molecular complexity index is 1310. The van der Waals surface area contributed by atoms with E-state index in [-0.39, 0.29) is 29.8 Å². The van der Waals surface area contributed by atoms with Crippen LogP contribution in [0.1, 0.15) is 53.4 Å². The summed E-state index contributed by atoms with van der Waals surface area (Å²) in [6.45, 7) is 6.40. The Morgan fingerprint density at radius 1 is 0.946 bits per heavy atom. The van der Waals surface area contributed by atoms with E-state index in [1.165, 1.54) is 26.0 Å². The van der Waals surface area contributed by atoms with Crippen molar-refractivity contribution in [3.63, 3.8) is 0 Å². The number of rotatable bonds is 6. The van der Waals surface area contributed by atoms with Crippen molar-refractivity contribution in [1.82, 2.24) is 0 Å². The maximum absolute atomic E-state index is 13.0. The van der Waals surface area contributed by atoms with E-state index in [1.54, 1.807) is 6.08 Å². The maximum atomic E-state index is 13.0. The number of carbonyl (C=O) groups is 3. The SMILES string of the molecule is CC(=O)O[C@]1(C(C)=O)CC[C@H]2[C@@H]3C(OS(C)(=O)=O)C(OS(C)(=O)=O)C4=CC(=O)C=C[C@]4(C)[C@H]3CC[C@@]21C. The van der Waals surface area contributed by atoms with Gasteiger partial charge in [0, 0.05) is 17.8 Å². The molecule has 206 valence electrons. The average Bonchev–Trinajstić information content (AvgIpc) is 3.02. The molecule has 3 fully saturated rings. The van der Waals surface area contributed by atoms with Gasteiger partial charge in [0.05, 0.1) is 12.5 Å². The van der Waals surface area contributed by atoms with Gasteiger partial charge < -0.3 is 4.74 Å². The first kappa shape index (κ1) is 28.1. The number of fused-ring (bicyclic) bond motifs is 5. The van der Waals surface area contributed by atoms with Crippen molar-refractivity contribution >= 4 is 37.8 Å². The van der Waals surface area contributed by atoms with Crippen LogP contribution in [0.3, 0.4) is 0 Å². The summed E-state index contributed by atoms with van der Waals surface area (Å²) in [6.07, 6.45) is 5.23. The molecular weight excluding hydrogens is 524 g/mol. The summed E-state index contributed by atoms with van der Waals surface area (Å²) in [5.74, 6) is -2.45. The second-order valence-electron chi connectivity index (χ2n) is 11.4. The van der Waals surface area contributed by atoms with Crippen LogP contribution in [0.5, 0.6) is 0 Å². The van der Waals surface area contributed by atoms with Crippen molar-refractivity contribution in [3.8, 4) is 0 Å². The van der Waals surface area contributed by atoms with E-state index in [9.17, 15) is 31.2 Å². The van der Waals surface area contributed by atoms with Crippen molar-refractivity contribution in [2.24, 2.45) is 28.6 Å². The van der Waals surface area contributed by atoms with Crippen molar-refractivity contribution in [2.45, 2.75) is 71.2 Å². The predicted molar refractivity (Wildman–Crippen MR) is 132 cm³/mol. The third-order valence-corrected chi connectivity index (χ3v) is 10.3. The van der Waals surface area contributed by atoms with E-state index >= 15 is 0 Å². The zero-order valence-corrected chi connectivity index (χ0v) is 23.5. The minimum Gasteiger partial charge on any atom is -0.451 e. The molecule has 0 amide bonds. The largest absolute Gasteiger partial charge is 0.451 e. The third kappa shape index (κ3) is 4.53. The highest BCUT2D eigenvalue weighted by molar-refractivity contribution is 7.86. The molecule has 0 aromatic heterocycles. The van der Waals surface area contributed by atoms with Gasteiger partial charge in [0.2, 0.25) is 0 Å². The van der Waals surface area contributed by atoms with Gasteiger partial charge in [-0.2, -0.15) is 16.8 Å². The molecule has 0 aromatic carbocycles. The molecule has 0 bridgehead atoms. The van der Waals surface area contributed by atoms with E-state index in [0.29, 0.717) is 24.8 Å². The van der Waals surface area contributed by atoms with Crippen LogP contribution in [0.25, 0.3) is 0 Å². The van der Waals surface area contributed by atoms with Gasteiger partial charge in [-0.3, -0.25) is 22.7 Å². The monoisotopic (exact) mass is 558 g/mol. The van der Waals surface area contributed by atoms with E-state index < -0.39 is 60.8 Å². The topological polar surface area (TPSA) is 147 Å².